The number of carbonyl (C=O) groups is 2. The number of ether oxygens (including phenoxy) is 2. The van der Waals surface area contributed by atoms with Gasteiger partial charge in [-0.15, -0.1) is 0 Å². The van der Waals surface area contributed by atoms with E-state index in [4.69, 9.17) is 9.47 Å². The quantitative estimate of drug-likeness (QED) is 0.375. The lowest BCUT2D eigenvalue weighted by Gasteiger charge is -2.67. The smallest absolute Gasteiger partial charge is 0.302 e. The molecule has 4 fully saturated rings. The molecule has 1 aliphatic heterocycles. The van der Waals surface area contributed by atoms with Crippen molar-refractivity contribution in [3.8, 4) is 0 Å². The van der Waals surface area contributed by atoms with Crippen LogP contribution in [0, 0.1) is 45.3 Å². The number of aliphatic hydroxyl groups excluding tert-OH is 2. The maximum absolute atomic E-state index is 13.1. The maximum atomic E-state index is 13.1. The van der Waals surface area contributed by atoms with E-state index in [9.17, 15) is 19.8 Å². The number of hydrogen-bond donors (Lipinski definition) is 2. The molecule has 5 rings (SSSR count). The second-order valence-corrected chi connectivity index (χ2v) is 15.2. The first kappa shape index (κ1) is 28.3. The molecule has 10 atom stereocenters. The lowest BCUT2D eigenvalue weighted by molar-refractivity contribution is -0.205. The number of Topliss-reactive ketones (excluding diaryl/α,β-unsaturated/α-hetero) is 1. The second-order valence-electron chi connectivity index (χ2n) is 15.2. The molecule has 10 unspecified atom stereocenters. The summed E-state index contributed by atoms with van der Waals surface area (Å²) in [7, 11) is 0. The van der Waals surface area contributed by atoms with Gasteiger partial charge in [-0.2, -0.15) is 0 Å². The van der Waals surface area contributed by atoms with Crippen molar-refractivity contribution >= 4 is 11.8 Å². The Bertz CT molecular complexity index is 1030. The van der Waals surface area contributed by atoms with Crippen LogP contribution < -0.4 is 0 Å². The standard InChI is InChI=1S/C32H50O6/c1-18(33)38-26-16-24-28(2,3)25(35)12-14-31(24,7)23-11-13-30(6)20(9-10-22(30)32(23,26)8)19-15-21(34)27(36)29(4,5)37-17-19/h10,19-21,23-24,26-27,34,36H,9,11-17H2,1-8H3. The van der Waals surface area contributed by atoms with Gasteiger partial charge >= 0.3 is 5.97 Å². The third-order valence-electron chi connectivity index (χ3n) is 12.6. The molecule has 0 bridgehead atoms. The van der Waals surface area contributed by atoms with Gasteiger partial charge in [-0.25, -0.2) is 0 Å². The van der Waals surface area contributed by atoms with Gasteiger partial charge in [-0.1, -0.05) is 46.3 Å². The minimum atomic E-state index is -0.914. The lowest BCUT2D eigenvalue weighted by Crippen LogP contribution is -2.65. The minimum Gasteiger partial charge on any atom is -0.462 e. The van der Waals surface area contributed by atoms with Crippen molar-refractivity contribution in [3.05, 3.63) is 11.6 Å². The van der Waals surface area contributed by atoms with Crippen molar-refractivity contribution < 1.29 is 29.3 Å². The molecule has 0 aromatic carbocycles. The summed E-state index contributed by atoms with van der Waals surface area (Å²) in [4.78, 5) is 25.6. The first-order valence-electron chi connectivity index (χ1n) is 14.9. The SMILES string of the molecule is CC(=O)OC1CC2C(C)(C)C(=O)CCC2(C)C2CCC3(C)C(=CCC3C3COC(C)(C)C(O)C(O)C3)C12C. The van der Waals surface area contributed by atoms with Crippen molar-refractivity contribution in [1.82, 2.24) is 0 Å². The Morgan fingerprint density at radius 2 is 1.71 bits per heavy atom. The summed E-state index contributed by atoms with van der Waals surface area (Å²) in [5.41, 5.74) is -0.213. The largest absolute Gasteiger partial charge is 0.462 e. The number of hydrogen-bond acceptors (Lipinski definition) is 6. The Balaban J connectivity index is 1.53. The normalized spacial score (nSPS) is 49.7. The highest BCUT2D eigenvalue weighted by Crippen LogP contribution is 2.73. The average molecular weight is 531 g/mol. The number of carbonyl (C=O) groups excluding carboxylic acids is 2. The van der Waals surface area contributed by atoms with E-state index in [2.05, 4.69) is 40.7 Å². The Kier molecular flexibility index (Phi) is 6.61. The van der Waals surface area contributed by atoms with Crippen molar-refractivity contribution in [2.45, 2.75) is 124 Å². The second kappa shape index (κ2) is 8.88. The third-order valence-corrected chi connectivity index (χ3v) is 12.6. The first-order valence-corrected chi connectivity index (χ1v) is 14.9. The van der Waals surface area contributed by atoms with Crippen LogP contribution in [0.25, 0.3) is 0 Å². The molecule has 38 heavy (non-hydrogen) atoms. The molecule has 5 aliphatic rings. The third kappa shape index (κ3) is 3.83. The van der Waals surface area contributed by atoms with E-state index in [0.29, 0.717) is 43.5 Å². The summed E-state index contributed by atoms with van der Waals surface area (Å²) in [6, 6.07) is 0. The van der Waals surface area contributed by atoms with E-state index in [-0.39, 0.29) is 40.2 Å². The van der Waals surface area contributed by atoms with Gasteiger partial charge in [0, 0.05) is 24.2 Å². The zero-order valence-corrected chi connectivity index (χ0v) is 24.8. The molecule has 4 aliphatic carbocycles. The zero-order valence-electron chi connectivity index (χ0n) is 24.8. The minimum absolute atomic E-state index is 0.00117. The van der Waals surface area contributed by atoms with Crippen molar-refractivity contribution in [2.75, 3.05) is 6.61 Å². The number of allylic oxidation sites excluding steroid dienone is 1. The molecule has 6 heteroatoms. The van der Waals surface area contributed by atoms with Gasteiger partial charge in [0.2, 0.25) is 0 Å². The van der Waals surface area contributed by atoms with Gasteiger partial charge in [-0.05, 0) is 86.9 Å². The topological polar surface area (TPSA) is 93.1 Å². The zero-order chi connectivity index (χ0) is 28.1. The van der Waals surface area contributed by atoms with Crippen LogP contribution in [0.1, 0.15) is 100 Å². The van der Waals surface area contributed by atoms with Crippen molar-refractivity contribution in [1.29, 1.82) is 0 Å². The Hall–Kier alpha value is -1.24. The van der Waals surface area contributed by atoms with Crippen LogP contribution in [-0.2, 0) is 19.1 Å². The molecule has 1 saturated heterocycles. The number of ketones is 1. The molecule has 214 valence electrons. The molecule has 0 radical (unpaired) electrons. The fraction of sp³-hybridized carbons (Fsp3) is 0.875. The summed E-state index contributed by atoms with van der Waals surface area (Å²) in [5, 5.41) is 21.6. The van der Waals surface area contributed by atoms with E-state index >= 15 is 0 Å². The molecule has 6 nitrogen and oxygen atoms in total. The molecule has 0 amide bonds. The summed E-state index contributed by atoms with van der Waals surface area (Å²) in [6.45, 7) is 17.1. The monoisotopic (exact) mass is 530 g/mol. The summed E-state index contributed by atoms with van der Waals surface area (Å²) in [5.74, 6) is 1.00. The molecular formula is C32H50O6. The Morgan fingerprint density at radius 3 is 2.37 bits per heavy atom. The Labute approximate surface area is 228 Å². The molecule has 0 aromatic rings. The van der Waals surface area contributed by atoms with Gasteiger partial charge in [0.15, 0.2) is 0 Å². The van der Waals surface area contributed by atoms with Crippen LogP contribution in [0.5, 0.6) is 0 Å². The predicted octanol–water partition coefficient (Wildman–Crippen LogP) is 5.24. The van der Waals surface area contributed by atoms with Crippen LogP contribution in [0.3, 0.4) is 0 Å². The number of esters is 1. The number of aliphatic hydroxyl groups is 2. The van der Waals surface area contributed by atoms with Gasteiger partial charge in [0.05, 0.1) is 18.3 Å². The first-order chi connectivity index (χ1) is 17.5. The highest BCUT2D eigenvalue weighted by Gasteiger charge is 2.69. The lowest BCUT2D eigenvalue weighted by atomic mass is 9.37. The molecule has 0 aromatic heterocycles. The van der Waals surface area contributed by atoms with Gasteiger partial charge < -0.3 is 19.7 Å². The fourth-order valence-corrected chi connectivity index (χ4v) is 10.5. The number of fused-ring (bicyclic) bond motifs is 5. The van der Waals surface area contributed by atoms with E-state index < -0.39 is 23.2 Å². The molecular weight excluding hydrogens is 480 g/mol. The van der Waals surface area contributed by atoms with E-state index in [1.807, 2.05) is 13.8 Å². The van der Waals surface area contributed by atoms with E-state index in [0.717, 1.165) is 25.7 Å². The summed E-state index contributed by atoms with van der Waals surface area (Å²) in [6.07, 6.45) is 6.15. The van der Waals surface area contributed by atoms with Crippen LogP contribution in [0.4, 0.5) is 0 Å². The Morgan fingerprint density at radius 1 is 1.03 bits per heavy atom. The van der Waals surface area contributed by atoms with Crippen LogP contribution in [0.2, 0.25) is 0 Å². The van der Waals surface area contributed by atoms with Crippen LogP contribution in [-0.4, -0.2) is 52.5 Å². The maximum Gasteiger partial charge on any atom is 0.302 e. The molecule has 0 spiro atoms. The van der Waals surface area contributed by atoms with Crippen LogP contribution in [0.15, 0.2) is 11.6 Å². The number of rotatable bonds is 2. The average Bonchev–Trinajstić information content (AvgIpc) is 3.13. The fourth-order valence-electron chi connectivity index (χ4n) is 10.5. The highest BCUT2D eigenvalue weighted by atomic mass is 16.5. The molecule has 1 heterocycles. The molecule has 3 saturated carbocycles. The van der Waals surface area contributed by atoms with Gasteiger partial charge in [-0.3, -0.25) is 9.59 Å². The predicted molar refractivity (Wildman–Crippen MR) is 145 cm³/mol. The van der Waals surface area contributed by atoms with Crippen molar-refractivity contribution in [2.24, 2.45) is 45.3 Å². The van der Waals surface area contributed by atoms with Crippen LogP contribution >= 0.6 is 0 Å². The molecule has 2 N–H and O–H groups in total. The van der Waals surface area contributed by atoms with Gasteiger partial charge in [0.25, 0.3) is 0 Å². The van der Waals surface area contributed by atoms with Gasteiger partial charge in [0.1, 0.15) is 18.0 Å². The summed E-state index contributed by atoms with van der Waals surface area (Å²) >= 11 is 0. The van der Waals surface area contributed by atoms with Crippen molar-refractivity contribution in [3.63, 3.8) is 0 Å². The highest BCUT2D eigenvalue weighted by molar-refractivity contribution is 5.85. The van der Waals surface area contributed by atoms with E-state index in [1.165, 1.54) is 12.5 Å². The van der Waals surface area contributed by atoms with E-state index in [1.54, 1.807) is 0 Å². The summed E-state index contributed by atoms with van der Waals surface area (Å²) < 4.78 is 12.4.